The largest absolute Gasteiger partial charge is 0.338 e. The van der Waals surface area contributed by atoms with Gasteiger partial charge in [-0.25, -0.2) is 9.97 Å². The number of para-hydroxylation sites is 1. The van der Waals surface area contributed by atoms with Gasteiger partial charge >= 0.3 is 0 Å². The van der Waals surface area contributed by atoms with Crippen LogP contribution in [-0.4, -0.2) is 33.9 Å². The van der Waals surface area contributed by atoms with E-state index in [-0.39, 0.29) is 5.91 Å². The molecular formula is C21H28N4O. The fourth-order valence-electron chi connectivity index (χ4n) is 3.51. The lowest BCUT2D eigenvalue weighted by Gasteiger charge is -2.30. The molecule has 1 aromatic carbocycles. The van der Waals surface area contributed by atoms with Crippen LogP contribution in [0.25, 0.3) is 0 Å². The molecule has 0 saturated carbocycles. The number of carbonyl (C=O) groups is 1. The molecule has 0 bridgehead atoms. The van der Waals surface area contributed by atoms with Crippen LogP contribution >= 0.6 is 0 Å². The average Bonchev–Trinajstić information content (AvgIpc) is 2.63. The van der Waals surface area contributed by atoms with Gasteiger partial charge in [0.15, 0.2) is 0 Å². The first-order chi connectivity index (χ1) is 12.5. The van der Waals surface area contributed by atoms with Gasteiger partial charge in [0.25, 0.3) is 5.91 Å². The van der Waals surface area contributed by atoms with Crippen molar-refractivity contribution in [2.45, 2.75) is 46.5 Å². The first-order valence-corrected chi connectivity index (χ1v) is 9.43. The number of benzene rings is 1. The van der Waals surface area contributed by atoms with E-state index in [1.165, 1.54) is 17.5 Å². The van der Waals surface area contributed by atoms with E-state index in [2.05, 4.69) is 61.2 Å². The van der Waals surface area contributed by atoms with E-state index in [9.17, 15) is 4.79 Å². The quantitative estimate of drug-likeness (QED) is 0.878. The summed E-state index contributed by atoms with van der Waals surface area (Å²) in [6.07, 6.45) is 5.48. The third-order valence-electron chi connectivity index (χ3n) is 5.00. The second-order valence-electron chi connectivity index (χ2n) is 7.60. The van der Waals surface area contributed by atoms with Gasteiger partial charge in [-0.05, 0) is 42.7 Å². The number of likely N-dealkylation sites (tertiary alicyclic amines) is 1. The third-order valence-corrected chi connectivity index (χ3v) is 5.00. The minimum absolute atomic E-state index is 0.0191. The van der Waals surface area contributed by atoms with Crippen molar-refractivity contribution in [1.82, 2.24) is 14.9 Å². The van der Waals surface area contributed by atoms with Gasteiger partial charge in [-0.15, -0.1) is 0 Å². The van der Waals surface area contributed by atoms with Crippen molar-refractivity contribution in [2.24, 2.45) is 5.92 Å². The second-order valence-corrected chi connectivity index (χ2v) is 7.60. The van der Waals surface area contributed by atoms with E-state index in [0.717, 1.165) is 25.2 Å². The summed E-state index contributed by atoms with van der Waals surface area (Å²) in [7, 11) is 0. The number of piperidine rings is 1. The summed E-state index contributed by atoms with van der Waals surface area (Å²) >= 11 is 0. The lowest BCUT2D eigenvalue weighted by atomic mass is 9.98. The monoisotopic (exact) mass is 352 g/mol. The van der Waals surface area contributed by atoms with Crippen LogP contribution in [0.2, 0.25) is 0 Å². The van der Waals surface area contributed by atoms with E-state index in [0.29, 0.717) is 23.3 Å². The number of nitrogens with zero attached hydrogens (tertiary/aromatic N) is 3. The Morgan fingerprint density at radius 2 is 2.08 bits per heavy atom. The predicted molar refractivity (Wildman–Crippen MR) is 105 cm³/mol. The van der Waals surface area contributed by atoms with Gasteiger partial charge in [0.1, 0.15) is 11.5 Å². The molecule has 1 atom stereocenters. The SMILES string of the molecule is Cc1cccc(C(C)C)c1Nc1cnc(C(=O)N2CCCC(C)C2)cn1. The van der Waals surface area contributed by atoms with Gasteiger partial charge < -0.3 is 10.2 Å². The molecule has 0 aliphatic carbocycles. The number of aryl methyl sites for hydroxylation is 1. The van der Waals surface area contributed by atoms with Gasteiger partial charge in [-0.3, -0.25) is 4.79 Å². The van der Waals surface area contributed by atoms with E-state index in [1.54, 1.807) is 12.4 Å². The second kappa shape index (κ2) is 7.85. The summed E-state index contributed by atoms with van der Waals surface area (Å²) < 4.78 is 0. The van der Waals surface area contributed by atoms with Crippen LogP contribution in [0.3, 0.4) is 0 Å². The summed E-state index contributed by atoms with van der Waals surface area (Å²) in [6, 6.07) is 6.28. The molecule has 3 rings (SSSR count). The summed E-state index contributed by atoms with van der Waals surface area (Å²) in [6.45, 7) is 10.2. The zero-order chi connectivity index (χ0) is 18.7. The van der Waals surface area contributed by atoms with E-state index in [1.807, 2.05) is 4.90 Å². The molecular weight excluding hydrogens is 324 g/mol. The molecule has 2 aromatic rings. The van der Waals surface area contributed by atoms with Gasteiger partial charge in [-0.2, -0.15) is 0 Å². The van der Waals surface area contributed by atoms with Crippen LogP contribution in [-0.2, 0) is 0 Å². The number of aromatic nitrogens is 2. The molecule has 1 unspecified atom stereocenters. The minimum atomic E-state index is -0.0191. The first kappa shape index (κ1) is 18.4. The highest BCUT2D eigenvalue weighted by Crippen LogP contribution is 2.29. The fourth-order valence-corrected chi connectivity index (χ4v) is 3.51. The van der Waals surface area contributed by atoms with Gasteiger partial charge in [-0.1, -0.05) is 39.0 Å². The van der Waals surface area contributed by atoms with Crippen LogP contribution in [0.15, 0.2) is 30.6 Å². The van der Waals surface area contributed by atoms with Crippen molar-refractivity contribution >= 4 is 17.4 Å². The Kier molecular flexibility index (Phi) is 5.55. The molecule has 1 aliphatic rings. The molecule has 1 aliphatic heterocycles. The third kappa shape index (κ3) is 4.03. The number of rotatable bonds is 4. The Balaban J connectivity index is 1.75. The van der Waals surface area contributed by atoms with Crippen LogP contribution in [0, 0.1) is 12.8 Å². The molecule has 138 valence electrons. The zero-order valence-electron chi connectivity index (χ0n) is 16.1. The zero-order valence-corrected chi connectivity index (χ0v) is 16.1. The van der Waals surface area contributed by atoms with E-state index < -0.39 is 0 Å². The Morgan fingerprint density at radius 3 is 2.73 bits per heavy atom. The van der Waals surface area contributed by atoms with Gasteiger partial charge in [0.05, 0.1) is 12.4 Å². The van der Waals surface area contributed by atoms with Crippen molar-refractivity contribution in [3.05, 3.63) is 47.4 Å². The fraction of sp³-hybridized carbons (Fsp3) is 0.476. The maximum Gasteiger partial charge on any atom is 0.274 e. The predicted octanol–water partition coefficient (Wildman–Crippen LogP) is 4.52. The average molecular weight is 352 g/mol. The Hall–Kier alpha value is -2.43. The maximum atomic E-state index is 12.6. The van der Waals surface area contributed by atoms with Crippen molar-refractivity contribution < 1.29 is 4.79 Å². The molecule has 26 heavy (non-hydrogen) atoms. The van der Waals surface area contributed by atoms with Crippen molar-refractivity contribution in [3.8, 4) is 0 Å². The highest BCUT2D eigenvalue weighted by Gasteiger charge is 2.23. The normalized spacial score (nSPS) is 17.4. The molecule has 0 radical (unpaired) electrons. The molecule has 2 heterocycles. The molecule has 1 fully saturated rings. The molecule has 5 nitrogen and oxygen atoms in total. The maximum absolute atomic E-state index is 12.6. The van der Waals surface area contributed by atoms with Crippen LogP contribution in [0.4, 0.5) is 11.5 Å². The number of amides is 1. The molecule has 1 amide bonds. The van der Waals surface area contributed by atoms with Crippen molar-refractivity contribution in [1.29, 1.82) is 0 Å². The first-order valence-electron chi connectivity index (χ1n) is 9.43. The Morgan fingerprint density at radius 1 is 1.27 bits per heavy atom. The van der Waals surface area contributed by atoms with Crippen molar-refractivity contribution in [2.75, 3.05) is 18.4 Å². The van der Waals surface area contributed by atoms with E-state index >= 15 is 0 Å². The summed E-state index contributed by atoms with van der Waals surface area (Å²) in [4.78, 5) is 23.3. The van der Waals surface area contributed by atoms with E-state index in [4.69, 9.17) is 0 Å². The van der Waals surface area contributed by atoms with Crippen molar-refractivity contribution in [3.63, 3.8) is 0 Å². The summed E-state index contributed by atoms with van der Waals surface area (Å²) in [5, 5.41) is 3.38. The lowest BCUT2D eigenvalue weighted by Crippen LogP contribution is -2.39. The lowest BCUT2D eigenvalue weighted by molar-refractivity contribution is 0.0676. The number of anilines is 2. The van der Waals surface area contributed by atoms with Gasteiger partial charge in [0.2, 0.25) is 0 Å². The molecule has 0 spiro atoms. The molecule has 1 N–H and O–H groups in total. The Labute approximate surface area is 155 Å². The molecule has 1 aromatic heterocycles. The van der Waals surface area contributed by atoms with Crippen LogP contribution in [0.1, 0.15) is 61.1 Å². The number of carbonyl (C=O) groups excluding carboxylic acids is 1. The highest BCUT2D eigenvalue weighted by atomic mass is 16.2. The Bertz CT molecular complexity index is 770. The number of nitrogens with one attached hydrogen (secondary N) is 1. The summed E-state index contributed by atoms with van der Waals surface area (Å²) in [5.74, 6) is 1.60. The smallest absolute Gasteiger partial charge is 0.274 e. The standard InChI is InChI=1S/C21H28N4O/c1-14(2)17-9-5-8-16(4)20(17)24-19-12-22-18(11-23-19)21(26)25-10-6-7-15(3)13-25/h5,8-9,11-12,14-15H,6-7,10,13H2,1-4H3,(H,23,24). The van der Waals surface area contributed by atoms with Gasteiger partial charge in [0, 0.05) is 18.8 Å². The summed E-state index contributed by atoms with van der Waals surface area (Å²) in [5.41, 5.74) is 3.90. The highest BCUT2D eigenvalue weighted by molar-refractivity contribution is 5.92. The number of hydrogen-bond donors (Lipinski definition) is 1. The molecule has 5 heteroatoms. The van der Waals surface area contributed by atoms with Crippen LogP contribution < -0.4 is 5.32 Å². The molecule has 1 saturated heterocycles. The topological polar surface area (TPSA) is 58.1 Å². The number of hydrogen-bond acceptors (Lipinski definition) is 4. The van der Waals surface area contributed by atoms with Crippen LogP contribution in [0.5, 0.6) is 0 Å². The minimum Gasteiger partial charge on any atom is -0.338 e.